The summed E-state index contributed by atoms with van der Waals surface area (Å²) >= 11 is 0. The highest BCUT2D eigenvalue weighted by Crippen LogP contribution is 2.14. The Morgan fingerprint density at radius 1 is 1.23 bits per heavy atom. The molecule has 1 rings (SSSR count). The molecule has 0 saturated heterocycles. The van der Waals surface area contributed by atoms with E-state index >= 15 is 0 Å². The zero-order valence-corrected chi connectivity index (χ0v) is 8.75. The second kappa shape index (κ2) is 4.43. The predicted molar refractivity (Wildman–Crippen MR) is 57.7 cm³/mol. The van der Waals surface area contributed by atoms with Crippen molar-refractivity contribution in [3.05, 3.63) is 35.4 Å². The number of nitrogens with two attached hydrogens (primary N) is 1. The van der Waals surface area contributed by atoms with Crippen LogP contribution in [0.4, 0.5) is 0 Å². The van der Waals surface area contributed by atoms with Crippen molar-refractivity contribution in [3.63, 3.8) is 0 Å². The van der Waals surface area contributed by atoms with Crippen molar-refractivity contribution in [2.75, 3.05) is 0 Å². The van der Waals surface area contributed by atoms with Gasteiger partial charge in [0.05, 0.1) is 0 Å². The van der Waals surface area contributed by atoms with E-state index in [1.807, 2.05) is 0 Å². The van der Waals surface area contributed by atoms with Gasteiger partial charge in [0.25, 0.3) is 0 Å². The second-order valence-electron chi connectivity index (χ2n) is 3.97. The van der Waals surface area contributed by atoms with E-state index in [4.69, 9.17) is 5.73 Å². The molecule has 1 aromatic carbocycles. The number of benzene rings is 1. The van der Waals surface area contributed by atoms with Crippen molar-refractivity contribution in [1.82, 2.24) is 0 Å². The molecule has 0 fully saturated rings. The molecule has 1 aromatic rings. The largest absolute Gasteiger partial charge is 0.328 e. The molecule has 0 aliphatic carbocycles. The first-order valence-electron chi connectivity index (χ1n) is 4.91. The lowest BCUT2D eigenvalue weighted by atomic mass is 9.93. The molecule has 0 heterocycles. The van der Waals surface area contributed by atoms with Gasteiger partial charge in [0.1, 0.15) is 0 Å². The summed E-state index contributed by atoms with van der Waals surface area (Å²) in [6.45, 7) is 6.43. The summed E-state index contributed by atoms with van der Waals surface area (Å²) in [5.41, 5.74) is 8.63. The summed E-state index contributed by atoms with van der Waals surface area (Å²) in [5, 5.41) is 0. The Kier molecular flexibility index (Phi) is 3.49. The Morgan fingerprint density at radius 2 is 1.85 bits per heavy atom. The molecule has 0 aromatic heterocycles. The highest BCUT2D eigenvalue weighted by atomic mass is 14.6. The van der Waals surface area contributed by atoms with E-state index in [2.05, 4.69) is 45.0 Å². The van der Waals surface area contributed by atoms with Crippen molar-refractivity contribution < 1.29 is 0 Å². The smallest absolute Gasteiger partial charge is 0.00393 e. The lowest BCUT2D eigenvalue weighted by molar-refractivity contribution is 0.481. The summed E-state index contributed by atoms with van der Waals surface area (Å²) in [6, 6.07) is 8.79. The number of hydrogen-bond donors (Lipinski definition) is 1. The van der Waals surface area contributed by atoms with Crippen LogP contribution in [0.1, 0.15) is 25.0 Å². The molecule has 0 aliphatic heterocycles. The number of aryl methyl sites for hydroxylation is 1. The molecular weight excluding hydrogens is 158 g/mol. The molecular formula is C12H19N. The van der Waals surface area contributed by atoms with E-state index in [1.165, 1.54) is 11.1 Å². The van der Waals surface area contributed by atoms with Gasteiger partial charge in [0, 0.05) is 6.04 Å². The van der Waals surface area contributed by atoms with Crippen LogP contribution in [0.3, 0.4) is 0 Å². The molecule has 0 aliphatic rings. The molecule has 0 amide bonds. The summed E-state index contributed by atoms with van der Waals surface area (Å²) in [4.78, 5) is 0. The Labute approximate surface area is 81.0 Å². The number of rotatable bonds is 3. The average Bonchev–Trinajstić information content (AvgIpc) is 2.08. The normalized spacial score (nSPS) is 15.4. The third kappa shape index (κ3) is 2.85. The topological polar surface area (TPSA) is 26.0 Å². The minimum absolute atomic E-state index is 0.277. The zero-order chi connectivity index (χ0) is 9.84. The van der Waals surface area contributed by atoms with Crippen LogP contribution < -0.4 is 5.73 Å². The fourth-order valence-corrected chi connectivity index (χ4v) is 1.37. The van der Waals surface area contributed by atoms with Crippen molar-refractivity contribution in [3.8, 4) is 0 Å². The lowest BCUT2D eigenvalue weighted by Crippen LogP contribution is -2.25. The molecule has 0 spiro atoms. The fourth-order valence-electron chi connectivity index (χ4n) is 1.37. The predicted octanol–water partition coefficient (Wildman–Crippen LogP) is 2.52. The van der Waals surface area contributed by atoms with Gasteiger partial charge in [-0.1, -0.05) is 31.2 Å². The van der Waals surface area contributed by atoms with Crippen LogP contribution in [0.15, 0.2) is 24.3 Å². The first-order chi connectivity index (χ1) is 6.11. The van der Waals surface area contributed by atoms with Gasteiger partial charge in [-0.05, 0) is 37.3 Å². The molecule has 0 radical (unpaired) electrons. The fraction of sp³-hybridized carbons (Fsp3) is 0.500. The van der Waals surface area contributed by atoms with E-state index in [-0.39, 0.29) is 6.04 Å². The van der Waals surface area contributed by atoms with Gasteiger partial charge in [0.2, 0.25) is 0 Å². The van der Waals surface area contributed by atoms with E-state index in [0.717, 1.165) is 6.42 Å². The first-order valence-corrected chi connectivity index (χ1v) is 4.91. The Balaban J connectivity index is 2.69. The van der Waals surface area contributed by atoms with Gasteiger partial charge in [-0.25, -0.2) is 0 Å². The minimum Gasteiger partial charge on any atom is -0.328 e. The van der Waals surface area contributed by atoms with Gasteiger partial charge in [-0.2, -0.15) is 0 Å². The van der Waals surface area contributed by atoms with Crippen LogP contribution in [0.25, 0.3) is 0 Å². The van der Waals surface area contributed by atoms with E-state index in [1.54, 1.807) is 0 Å². The van der Waals surface area contributed by atoms with E-state index in [9.17, 15) is 0 Å². The average molecular weight is 177 g/mol. The molecule has 2 unspecified atom stereocenters. The minimum atomic E-state index is 0.277. The van der Waals surface area contributed by atoms with Crippen LogP contribution in [-0.4, -0.2) is 6.04 Å². The maximum Gasteiger partial charge on any atom is 0.00393 e. The molecule has 2 N–H and O–H groups in total. The molecule has 0 bridgehead atoms. The zero-order valence-electron chi connectivity index (χ0n) is 8.75. The first kappa shape index (κ1) is 10.3. The molecule has 0 saturated carbocycles. The summed E-state index contributed by atoms with van der Waals surface area (Å²) in [7, 11) is 0. The summed E-state index contributed by atoms with van der Waals surface area (Å²) in [6.07, 6.45) is 1.09. The maximum atomic E-state index is 5.83. The third-order valence-corrected chi connectivity index (χ3v) is 2.70. The van der Waals surface area contributed by atoms with Crippen molar-refractivity contribution in [1.29, 1.82) is 0 Å². The molecule has 1 nitrogen and oxygen atoms in total. The van der Waals surface area contributed by atoms with Crippen molar-refractivity contribution >= 4 is 0 Å². The van der Waals surface area contributed by atoms with Crippen LogP contribution in [0.2, 0.25) is 0 Å². The maximum absolute atomic E-state index is 5.83. The van der Waals surface area contributed by atoms with Crippen LogP contribution in [0.5, 0.6) is 0 Å². The van der Waals surface area contributed by atoms with Crippen LogP contribution in [-0.2, 0) is 6.42 Å². The highest BCUT2D eigenvalue weighted by Gasteiger charge is 2.09. The van der Waals surface area contributed by atoms with Gasteiger partial charge in [-0.15, -0.1) is 0 Å². The Morgan fingerprint density at radius 3 is 2.38 bits per heavy atom. The summed E-state index contributed by atoms with van der Waals surface area (Å²) < 4.78 is 0. The highest BCUT2D eigenvalue weighted by molar-refractivity contribution is 5.25. The molecule has 13 heavy (non-hydrogen) atoms. The van der Waals surface area contributed by atoms with Crippen molar-refractivity contribution in [2.24, 2.45) is 11.7 Å². The van der Waals surface area contributed by atoms with E-state index in [0.29, 0.717) is 5.92 Å². The monoisotopic (exact) mass is 177 g/mol. The second-order valence-corrected chi connectivity index (χ2v) is 3.97. The third-order valence-electron chi connectivity index (χ3n) is 2.70. The lowest BCUT2D eigenvalue weighted by Gasteiger charge is -2.16. The van der Waals surface area contributed by atoms with Gasteiger partial charge >= 0.3 is 0 Å². The van der Waals surface area contributed by atoms with Gasteiger partial charge in [0.15, 0.2) is 0 Å². The molecule has 72 valence electrons. The van der Waals surface area contributed by atoms with Gasteiger partial charge in [-0.3, -0.25) is 0 Å². The Hall–Kier alpha value is -0.820. The Bertz CT molecular complexity index is 266. The quantitative estimate of drug-likeness (QED) is 0.754. The molecule has 2 atom stereocenters. The van der Waals surface area contributed by atoms with Crippen LogP contribution in [0, 0.1) is 12.8 Å². The number of hydrogen-bond acceptors (Lipinski definition) is 1. The van der Waals surface area contributed by atoms with Crippen LogP contribution >= 0.6 is 0 Å². The van der Waals surface area contributed by atoms with Crippen molar-refractivity contribution in [2.45, 2.75) is 33.2 Å². The SMILES string of the molecule is Cc1ccccc1CC(C)C(C)N. The van der Waals surface area contributed by atoms with E-state index < -0.39 is 0 Å². The van der Waals surface area contributed by atoms with Gasteiger partial charge < -0.3 is 5.73 Å². The molecule has 1 heteroatoms. The summed E-state index contributed by atoms with van der Waals surface area (Å²) in [5.74, 6) is 0.557. The standard InChI is InChI=1S/C12H19N/c1-9-6-4-5-7-12(9)8-10(2)11(3)13/h4-7,10-11H,8,13H2,1-3H3.